The van der Waals surface area contributed by atoms with E-state index in [4.69, 9.17) is 0 Å². The third-order valence-corrected chi connectivity index (χ3v) is 3.16. The van der Waals surface area contributed by atoms with E-state index in [9.17, 15) is 18.0 Å². The molecule has 1 atom stereocenters. The van der Waals surface area contributed by atoms with Crippen molar-refractivity contribution in [1.82, 2.24) is 10.6 Å². The molecular formula is C13H15F3N2O. The molecule has 0 aromatic heterocycles. The van der Waals surface area contributed by atoms with Crippen LogP contribution >= 0.6 is 0 Å². The van der Waals surface area contributed by atoms with Gasteiger partial charge >= 0.3 is 0 Å². The monoisotopic (exact) mass is 272 g/mol. The zero-order valence-electron chi connectivity index (χ0n) is 10.3. The predicted molar refractivity (Wildman–Crippen MR) is 64.3 cm³/mol. The maximum atomic E-state index is 13.0. The number of carbonyl (C=O) groups is 1. The topological polar surface area (TPSA) is 41.1 Å². The zero-order chi connectivity index (χ0) is 13.8. The van der Waals surface area contributed by atoms with E-state index in [1.165, 1.54) is 0 Å². The SMILES string of the molecule is O=C(NC1CCCNCC1)c1cc(F)c(F)c(F)c1. The lowest BCUT2D eigenvalue weighted by Gasteiger charge is -2.16. The molecule has 1 aromatic carbocycles. The summed E-state index contributed by atoms with van der Waals surface area (Å²) < 4.78 is 38.9. The summed E-state index contributed by atoms with van der Waals surface area (Å²) in [6.45, 7) is 1.68. The number of hydrogen-bond donors (Lipinski definition) is 2. The van der Waals surface area contributed by atoms with Crippen molar-refractivity contribution >= 4 is 5.91 Å². The molecule has 1 aromatic rings. The van der Waals surface area contributed by atoms with E-state index in [0.29, 0.717) is 12.1 Å². The quantitative estimate of drug-likeness (QED) is 0.808. The van der Waals surface area contributed by atoms with Crippen LogP contribution in [0.2, 0.25) is 0 Å². The second kappa shape index (κ2) is 6.06. The zero-order valence-corrected chi connectivity index (χ0v) is 10.3. The van der Waals surface area contributed by atoms with Crippen molar-refractivity contribution in [1.29, 1.82) is 0 Å². The Hall–Kier alpha value is -1.56. The van der Waals surface area contributed by atoms with E-state index in [-0.39, 0.29) is 11.6 Å². The summed E-state index contributed by atoms with van der Waals surface area (Å²) >= 11 is 0. The second-order valence-corrected chi connectivity index (χ2v) is 4.61. The van der Waals surface area contributed by atoms with Crippen molar-refractivity contribution in [3.05, 3.63) is 35.1 Å². The van der Waals surface area contributed by atoms with Gasteiger partial charge in [-0.15, -0.1) is 0 Å². The standard InChI is InChI=1S/C13H15F3N2O/c14-10-6-8(7-11(15)12(10)16)13(19)18-9-2-1-4-17-5-3-9/h6-7,9,17H,1-5H2,(H,18,19). The van der Waals surface area contributed by atoms with Crippen LogP contribution in [0.5, 0.6) is 0 Å². The lowest BCUT2D eigenvalue weighted by atomic mass is 10.1. The van der Waals surface area contributed by atoms with Gasteiger partial charge in [-0.25, -0.2) is 13.2 Å². The average Bonchev–Trinajstić information content (AvgIpc) is 2.64. The molecule has 0 spiro atoms. The first-order valence-corrected chi connectivity index (χ1v) is 6.24. The van der Waals surface area contributed by atoms with Gasteiger partial charge in [-0.05, 0) is 44.5 Å². The van der Waals surface area contributed by atoms with Gasteiger partial charge in [-0.1, -0.05) is 0 Å². The molecular weight excluding hydrogens is 257 g/mol. The molecule has 1 unspecified atom stereocenters. The highest BCUT2D eigenvalue weighted by molar-refractivity contribution is 5.94. The highest BCUT2D eigenvalue weighted by Crippen LogP contribution is 2.14. The molecule has 1 heterocycles. The van der Waals surface area contributed by atoms with Crippen LogP contribution in [0.15, 0.2) is 12.1 Å². The van der Waals surface area contributed by atoms with Crippen molar-refractivity contribution in [2.45, 2.75) is 25.3 Å². The largest absolute Gasteiger partial charge is 0.349 e. The molecule has 1 saturated heterocycles. The lowest BCUT2D eigenvalue weighted by Crippen LogP contribution is -2.35. The molecule has 2 N–H and O–H groups in total. The second-order valence-electron chi connectivity index (χ2n) is 4.61. The number of carbonyl (C=O) groups excluding carboxylic acids is 1. The van der Waals surface area contributed by atoms with Gasteiger partial charge in [-0.3, -0.25) is 4.79 Å². The van der Waals surface area contributed by atoms with E-state index in [1.54, 1.807) is 0 Å². The number of hydrogen-bond acceptors (Lipinski definition) is 2. The van der Waals surface area contributed by atoms with Gasteiger partial charge in [0.05, 0.1) is 0 Å². The van der Waals surface area contributed by atoms with E-state index in [0.717, 1.165) is 32.4 Å². The Balaban J connectivity index is 2.07. The minimum atomic E-state index is -1.56. The number of halogens is 3. The van der Waals surface area contributed by atoms with Crippen molar-refractivity contribution < 1.29 is 18.0 Å². The van der Waals surface area contributed by atoms with Gasteiger partial charge < -0.3 is 10.6 Å². The molecule has 0 aliphatic carbocycles. The van der Waals surface area contributed by atoms with Crippen LogP contribution in [0, 0.1) is 17.5 Å². The summed E-state index contributed by atoms with van der Waals surface area (Å²) in [5.41, 5.74) is -0.200. The molecule has 1 amide bonds. The van der Waals surface area contributed by atoms with Crippen LogP contribution in [0.3, 0.4) is 0 Å². The summed E-state index contributed by atoms with van der Waals surface area (Å²) in [6.07, 6.45) is 2.50. The number of amides is 1. The van der Waals surface area contributed by atoms with Crippen molar-refractivity contribution in [3.8, 4) is 0 Å². The summed E-state index contributed by atoms with van der Waals surface area (Å²) in [4.78, 5) is 11.9. The first-order chi connectivity index (χ1) is 9.08. The number of benzene rings is 1. The normalized spacial score (nSPS) is 19.8. The molecule has 1 aliphatic rings. The van der Waals surface area contributed by atoms with Crippen molar-refractivity contribution in [2.75, 3.05) is 13.1 Å². The summed E-state index contributed by atoms with van der Waals surface area (Å²) in [5.74, 6) is -4.85. The minimum Gasteiger partial charge on any atom is -0.349 e. The predicted octanol–water partition coefficient (Wildman–Crippen LogP) is 1.98. The highest BCUT2D eigenvalue weighted by atomic mass is 19.2. The number of rotatable bonds is 2. The smallest absolute Gasteiger partial charge is 0.251 e. The number of nitrogens with one attached hydrogen (secondary N) is 2. The van der Waals surface area contributed by atoms with E-state index in [2.05, 4.69) is 10.6 Å². The highest BCUT2D eigenvalue weighted by Gasteiger charge is 2.18. The van der Waals surface area contributed by atoms with Crippen molar-refractivity contribution in [3.63, 3.8) is 0 Å². The molecule has 0 radical (unpaired) electrons. The Morgan fingerprint density at radius 2 is 1.84 bits per heavy atom. The fraction of sp³-hybridized carbons (Fsp3) is 0.462. The van der Waals surface area contributed by atoms with Crippen LogP contribution in [-0.4, -0.2) is 25.0 Å². The molecule has 3 nitrogen and oxygen atoms in total. The fourth-order valence-corrected chi connectivity index (χ4v) is 2.12. The molecule has 104 valence electrons. The third kappa shape index (κ3) is 3.47. The van der Waals surface area contributed by atoms with Gasteiger partial charge in [0.15, 0.2) is 17.5 Å². The Morgan fingerprint density at radius 1 is 1.16 bits per heavy atom. The van der Waals surface area contributed by atoms with Crippen LogP contribution < -0.4 is 10.6 Å². The average molecular weight is 272 g/mol. The molecule has 19 heavy (non-hydrogen) atoms. The minimum absolute atomic E-state index is 0.0290. The first-order valence-electron chi connectivity index (χ1n) is 6.24. The van der Waals surface area contributed by atoms with Gasteiger partial charge in [0.2, 0.25) is 0 Å². The van der Waals surface area contributed by atoms with E-state index in [1.807, 2.05) is 0 Å². The van der Waals surface area contributed by atoms with Gasteiger partial charge in [0, 0.05) is 11.6 Å². The maximum absolute atomic E-state index is 13.0. The summed E-state index contributed by atoms with van der Waals surface area (Å²) in [5, 5.41) is 5.91. The maximum Gasteiger partial charge on any atom is 0.251 e. The molecule has 6 heteroatoms. The van der Waals surface area contributed by atoms with E-state index < -0.39 is 23.4 Å². The van der Waals surface area contributed by atoms with E-state index >= 15 is 0 Å². The molecule has 1 aliphatic heterocycles. The molecule has 0 bridgehead atoms. The fourth-order valence-electron chi connectivity index (χ4n) is 2.12. The van der Waals surface area contributed by atoms with Crippen molar-refractivity contribution in [2.24, 2.45) is 0 Å². The molecule has 2 rings (SSSR count). The Bertz CT molecular complexity index is 448. The molecule has 1 fully saturated rings. The Morgan fingerprint density at radius 3 is 2.53 bits per heavy atom. The lowest BCUT2D eigenvalue weighted by molar-refractivity contribution is 0.0933. The molecule has 0 saturated carbocycles. The Kier molecular flexibility index (Phi) is 4.42. The van der Waals surface area contributed by atoms with Gasteiger partial charge in [0.1, 0.15) is 0 Å². The van der Waals surface area contributed by atoms with Crippen LogP contribution in [0.1, 0.15) is 29.6 Å². The summed E-state index contributed by atoms with van der Waals surface area (Å²) in [6, 6.07) is 1.39. The summed E-state index contributed by atoms with van der Waals surface area (Å²) in [7, 11) is 0. The van der Waals surface area contributed by atoms with Gasteiger partial charge in [-0.2, -0.15) is 0 Å². The van der Waals surface area contributed by atoms with Crippen LogP contribution in [0.25, 0.3) is 0 Å². The third-order valence-electron chi connectivity index (χ3n) is 3.16. The van der Waals surface area contributed by atoms with Gasteiger partial charge in [0.25, 0.3) is 5.91 Å². The van der Waals surface area contributed by atoms with Crippen LogP contribution in [-0.2, 0) is 0 Å². The Labute approximate surface area is 109 Å². The first kappa shape index (κ1) is 13.9. The van der Waals surface area contributed by atoms with Crippen LogP contribution in [0.4, 0.5) is 13.2 Å².